The average Bonchev–Trinajstić information content (AvgIpc) is 3.37. The van der Waals surface area contributed by atoms with Crippen LogP contribution in [0, 0.1) is 19.7 Å². The summed E-state index contributed by atoms with van der Waals surface area (Å²) in [6.07, 6.45) is 4.34. The second-order valence-electron chi connectivity index (χ2n) is 7.67. The van der Waals surface area contributed by atoms with Gasteiger partial charge in [0.25, 0.3) is 0 Å². The maximum atomic E-state index is 14.0. The summed E-state index contributed by atoms with van der Waals surface area (Å²) in [4.78, 5) is 15.0. The highest BCUT2D eigenvalue weighted by molar-refractivity contribution is 14.0. The molecule has 1 unspecified atom stereocenters. The predicted molar refractivity (Wildman–Crippen MR) is 134 cm³/mol. The van der Waals surface area contributed by atoms with Gasteiger partial charge >= 0.3 is 0 Å². The third-order valence-electron chi connectivity index (χ3n) is 5.29. The Balaban J connectivity index is 0.00000289. The second kappa shape index (κ2) is 10.7. The molecule has 0 aliphatic carbocycles. The van der Waals surface area contributed by atoms with Gasteiger partial charge in [-0.2, -0.15) is 5.10 Å². The van der Waals surface area contributed by atoms with E-state index in [0.717, 1.165) is 35.7 Å². The predicted octanol–water partition coefficient (Wildman–Crippen LogP) is 2.98. The summed E-state index contributed by atoms with van der Waals surface area (Å²) in [7, 11) is 1.74. The lowest BCUT2D eigenvalue weighted by Crippen LogP contribution is -2.44. The number of aryl methyl sites for hydroxylation is 2. The maximum absolute atomic E-state index is 14.0. The molecule has 8 nitrogen and oxygen atoms in total. The molecule has 2 N–H and O–H groups in total. The van der Waals surface area contributed by atoms with E-state index < -0.39 is 0 Å². The van der Waals surface area contributed by atoms with Gasteiger partial charge in [0.2, 0.25) is 0 Å². The highest BCUT2D eigenvalue weighted by Crippen LogP contribution is 2.20. The topological polar surface area (TPSA) is 83.3 Å². The largest absolute Gasteiger partial charge is 0.352 e. The highest BCUT2D eigenvalue weighted by atomic mass is 127. The number of nitrogens with one attached hydrogen (secondary N) is 2. The summed E-state index contributed by atoms with van der Waals surface area (Å²) in [5.41, 5.74) is 3.06. The number of rotatable bonds is 5. The number of guanidine groups is 1. The molecule has 0 saturated carbocycles. The first-order valence-electron chi connectivity index (χ1n) is 10.3. The molecule has 4 heterocycles. The first kappa shape index (κ1) is 23.9. The summed E-state index contributed by atoms with van der Waals surface area (Å²) in [5, 5.41) is 11.2. The van der Waals surface area contributed by atoms with Crippen LogP contribution in [0.4, 0.5) is 10.2 Å². The summed E-state index contributed by atoms with van der Waals surface area (Å²) in [5.74, 6) is 1.62. The van der Waals surface area contributed by atoms with Crippen molar-refractivity contribution in [1.29, 1.82) is 0 Å². The molecule has 170 valence electrons. The van der Waals surface area contributed by atoms with Gasteiger partial charge in [-0.15, -0.1) is 24.0 Å². The van der Waals surface area contributed by atoms with Gasteiger partial charge in [0, 0.05) is 50.8 Å². The fourth-order valence-corrected chi connectivity index (χ4v) is 3.76. The summed E-state index contributed by atoms with van der Waals surface area (Å²) < 4.78 is 15.8. The van der Waals surface area contributed by atoms with Gasteiger partial charge in [-0.25, -0.2) is 19.0 Å². The fourth-order valence-electron chi connectivity index (χ4n) is 3.76. The smallest absolute Gasteiger partial charge is 0.191 e. The van der Waals surface area contributed by atoms with E-state index in [1.54, 1.807) is 19.3 Å². The number of anilines is 1. The lowest BCUT2D eigenvalue weighted by atomic mass is 10.2. The van der Waals surface area contributed by atoms with Crippen molar-refractivity contribution in [1.82, 2.24) is 30.4 Å². The Morgan fingerprint density at radius 1 is 1.25 bits per heavy atom. The third kappa shape index (κ3) is 5.53. The van der Waals surface area contributed by atoms with Gasteiger partial charge in [-0.3, -0.25) is 4.99 Å². The molecule has 1 atom stereocenters. The zero-order valence-electron chi connectivity index (χ0n) is 18.4. The van der Waals surface area contributed by atoms with Crippen molar-refractivity contribution in [3.05, 3.63) is 65.5 Å². The van der Waals surface area contributed by atoms with E-state index >= 15 is 0 Å². The molecular formula is C22H28FIN8. The number of aliphatic imine (C=N–C) groups is 1. The van der Waals surface area contributed by atoms with Gasteiger partial charge in [-0.1, -0.05) is 6.07 Å². The fraction of sp³-hybridized carbons (Fsp3) is 0.364. The zero-order chi connectivity index (χ0) is 21.8. The van der Waals surface area contributed by atoms with Crippen LogP contribution in [0.2, 0.25) is 0 Å². The summed E-state index contributed by atoms with van der Waals surface area (Å²) in [6, 6.07) is 9.23. The van der Waals surface area contributed by atoms with E-state index in [1.165, 1.54) is 6.07 Å². The molecule has 4 rings (SSSR count). The van der Waals surface area contributed by atoms with Crippen molar-refractivity contribution < 1.29 is 4.39 Å². The van der Waals surface area contributed by atoms with Crippen LogP contribution < -0.4 is 15.5 Å². The first-order chi connectivity index (χ1) is 15.0. The first-order valence-corrected chi connectivity index (χ1v) is 10.3. The van der Waals surface area contributed by atoms with Crippen LogP contribution in [-0.4, -0.2) is 51.9 Å². The average molecular weight is 550 g/mol. The second-order valence-corrected chi connectivity index (χ2v) is 7.67. The van der Waals surface area contributed by atoms with Gasteiger partial charge in [0.1, 0.15) is 0 Å². The minimum atomic E-state index is -0.290. The standard InChI is InChI=1S/C22H27FN8.HI/c1-15-11-16(2)31(29-15)20-7-6-17(12-26-20)13-27-22(24-3)28-18-8-10-30(14-18)21-19(23)5-4-9-25-21;/h4-7,9,11-12,18H,8,10,13-14H2,1-3H3,(H2,24,27,28);1H. The van der Waals surface area contributed by atoms with Crippen molar-refractivity contribution in [2.24, 2.45) is 4.99 Å². The number of pyridine rings is 2. The Morgan fingerprint density at radius 3 is 2.75 bits per heavy atom. The molecule has 0 amide bonds. The summed E-state index contributed by atoms with van der Waals surface area (Å²) >= 11 is 0. The normalized spacial score (nSPS) is 16.1. The minimum absolute atomic E-state index is 0. The van der Waals surface area contributed by atoms with Crippen LogP contribution in [0.1, 0.15) is 23.4 Å². The monoisotopic (exact) mass is 550 g/mol. The SMILES string of the molecule is CN=C(NCc1ccc(-n2nc(C)cc2C)nc1)NC1CCN(c2ncccc2F)C1.I. The van der Waals surface area contributed by atoms with Crippen LogP contribution in [0.25, 0.3) is 5.82 Å². The number of aromatic nitrogens is 4. The summed E-state index contributed by atoms with van der Waals surface area (Å²) in [6.45, 7) is 6.00. The molecule has 0 radical (unpaired) electrons. The molecule has 0 spiro atoms. The van der Waals surface area contributed by atoms with Crippen molar-refractivity contribution in [2.75, 3.05) is 25.0 Å². The molecule has 1 fully saturated rings. The van der Waals surface area contributed by atoms with E-state index in [4.69, 9.17) is 0 Å². The molecule has 0 bridgehead atoms. The van der Waals surface area contributed by atoms with E-state index in [2.05, 4.69) is 30.7 Å². The third-order valence-corrected chi connectivity index (χ3v) is 5.29. The van der Waals surface area contributed by atoms with Gasteiger partial charge in [0.15, 0.2) is 23.4 Å². The Morgan fingerprint density at radius 2 is 2.09 bits per heavy atom. The van der Waals surface area contributed by atoms with Crippen molar-refractivity contribution in [2.45, 2.75) is 32.9 Å². The molecule has 1 aliphatic heterocycles. The Labute approximate surface area is 204 Å². The molecule has 3 aromatic heterocycles. The molecule has 10 heteroatoms. The van der Waals surface area contributed by atoms with Crippen molar-refractivity contribution >= 4 is 35.8 Å². The molecule has 3 aromatic rings. The number of hydrogen-bond acceptors (Lipinski definition) is 5. The van der Waals surface area contributed by atoms with E-state index in [9.17, 15) is 4.39 Å². The Kier molecular flexibility index (Phi) is 7.99. The van der Waals surface area contributed by atoms with Crippen LogP contribution in [0.5, 0.6) is 0 Å². The van der Waals surface area contributed by atoms with Crippen LogP contribution >= 0.6 is 24.0 Å². The Bertz CT molecular complexity index is 1070. The molecule has 1 saturated heterocycles. The van der Waals surface area contributed by atoms with Gasteiger partial charge in [0.05, 0.1) is 5.69 Å². The van der Waals surface area contributed by atoms with Gasteiger partial charge in [-0.05, 0) is 50.1 Å². The van der Waals surface area contributed by atoms with E-state index in [0.29, 0.717) is 24.9 Å². The van der Waals surface area contributed by atoms with Crippen LogP contribution in [0.3, 0.4) is 0 Å². The quantitative estimate of drug-likeness (QED) is 0.289. The minimum Gasteiger partial charge on any atom is -0.352 e. The molecule has 1 aliphatic rings. The number of halogens is 2. The van der Waals surface area contributed by atoms with E-state index in [-0.39, 0.29) is 35.8 Å². The molecular weight excluding hydrogens is 522 g/mol. The van der Waals surface area contributed by atoms with Crippen LogP contribution in [-0.2, 0) is 6.54 Å². The number of nitrogens with zero attached hydrogens (tertiary/aromatic N) is 6. The van der Waals surface area contributed by atoms with Crippen molar-refractivity contribution in [3.63, 3.8) is 0 Å². The number of hydrogen-bond donors (Lipinski definition) is 2. The van der Waals surface area contributed by atoms with E-state index in [1.807, 2.05) is 47.8 Å². The lowest BCUT2D eigenvalue weighted by Gasteiger charge is -2.20. The molecule has 32 heavy (non-hydrogen) atoms. The lowest BCUT2D eigenvalue weighted by molar-refractivity contribution is 0.612. The molecule has 0 aromatic carbocycles. The maximum Gasteiger partial charge on any atom is 0.191 e. The highest BCUT2D eigenvalue weighted by Gasteiger charge is 2.25. The van der Waals surface area contributed by atoms with Gasteiger partial charge < -0.3 is 15.5 Å². The zero-order valence-corrected chi connectivity index (χ0v) is 20.7. The van der Waals surface area contributed by atoms with Crippen LogP contribution in [0.15, 0.2) is 47.7 Å². The Hall–Kier alpha value is -2.76. The van der Waals surface area contributed by atoms with Crippen molar-refractivity contribution in [3.8, 4) is 5.82 Å².